The highest BCUT2D eigenvalue weighted by Crippen LogP contribution is 2.26. The van der Waals surface area contributed by atoms with Crippen molar-refractivity contribution in [3.8, 4) is 0 Å². The van der Waals surface area contributed by atoms with Gasteiger partial charge in [0.15, 0.2) is 11.7 Å². The first-order chi connectivity index (χ1) is 7.83. The number of hydrogen-bond acceptors (Lipinski definition) is 11. The molecule has 0 spiro atoms. The number of hydrazine groups is 1. The van der Waals surface area contributed by atoms with E-state index < -0.39 is 36.0 Å². The van der Waals surface area contributed by atoms with E-state index in [0.717, 1.165) is 6.92 Å². The fourth-order valence-electron chi connectivity index (χ4n) is 1.62. The van der Waals surface area contributed by atoms with E-state index in [1.807, 2.05) is 0 Å². The van der Waals surface area contributed by atoms with Gasteiger partial charge in [-0.05, 0) is 6.92 Å². The average Bonchev–Trinajstić information content (AvgIpc) is 2.45. The van der Waals surface area contributed by atoms with E-state index in [0.29, 0.717) is 0 Å². The molecule has 0 aromatic carbocycles. The smallest absolute Gasteiger partial charge is 0.289 e. The van der Waals surface area contributed by atoms with Gasteiger partial charge in [-0.1, -0.05) is 0 Å². The molecule has 108 valence electrons. The van der Waals surface area contributed by atoms with Gasteiger partial charge in [0, 0.05) is 0 Å². The molecule has 1 heterocycles. The van der Waals surface area contributed by atoms with E-state index in [-0.39, 0.29) is 0 Å². The van der Waals surface area contributed by atoms with E-state index in [1.165, 1.54) is 0 Å². The molecule has 0 radical (unpaired) electrons. The summed E-state index contributed by atoms with van der Waals surface area (Å²) in [6.07, 6.45) is -2.75. The van der Waals surface area contributed by atoms with Crippen molar-refractivity contribution in [3.63, 3.8) is 0 Å². The number of hydrogen-bond donors (Lipinski definition) is 11. The summed E-state index contributed by atoms with van der Waals surface area (Å²) in [7, 11) is 0. The summed E-state index contributed by atoms with van der Waals surface area (Å²) in [5, 5.41) is 74.5. The van der Waals surface area contributed by atoms with Crippen LogP contribution in [0.3, 0.4) is 0 Å². The molecule has 1 fully saturated rings. The van der Waals surface area contributed by atoms with E-state index in [1.54, 1.807) is 0 Å². The Balaban J connectivity index is 2.86. The van der Waals surface area contributed by atoms with Crippen LogP contribution in [0.2, 0.25) is 0 Å². The van der Waals surface area contributed by atoms with Crippen LogP contribution in [0.15, 0.2) is 0 Å². The molecule has 0 amide bonds. The highest BCUT2D eigenvalue weighted by atomic mass is 16.7. The molecule has 0 aromatic heterocycles. The highest BCUT2D eigenvalue weighted by Gasteiger charge is 2.55. The van der Waals surface area contributed by atoms with Crippen molar-refractivity contribution in [3.05, 3.63) is 0 Å². The zero-order chi connectivity index (χ0) is 14.4. The van der Waals surface area contributed by atoms with Gasteiger partial charge >= 0.3 is 0 Å². The Labute approximate surface area is 101 Å². The molecule has 0 aromatic rings. The third-order valence-corrected chi connectivity index (χ3v) is 2.44. The third-order valence-electron chi connectivity index (χ3n) is 2.44. The first-order valence-electron chi connectivity index (χ1n) is 4.89. The molecule has 11 N–H and O–H groups in total. The summed E-state index contributed by atoms with van der Waals surface area (Å²) in [5.74, 6) is -11.9. The predicted molar refractivity (Wildman–Crippen MR) is 52.1 cm³/mol. The van der Waals surface area contributed by atoms with Gasteiger partial charge in [-0.25, -0.2) is 10.9 Å². The largest absolute Gasteiger partial charge is 0.363 e. The Morgan fingerprint density at radius 3 is 1.56 bits per heavy atom. The average molecular weight is 271 g/mol. The molecule has 0 bridgehead atoms. The number of aliphatic hydroxyl groups is 8. The van der Waals surface area contributed by atoms with Crippen LogP contribution in [0.1, 0.15) is 6.92 Å². The molecule has 1 rings (SSSR count). The normalized spacial score (nSPS) is 27.0. The van der Waals surface area contributed by atoms with Crippen molar-refractivity contribution in [2.24, 2.45) is 5.92 Å². The molecular weight excluding hydrogens is 254 g/mol. The minimum Gasteiger partial charge on any atom is -0.363 e. The summed E-state index contributed by atoms with van der Waals surface area (Å²) in [4.78, 5) is 0. The quantitative estimate of drug-likeness (QED) is 0.217. The van der Waals surface area contributed by atoms with Crippen LogP contribution in [0.5, 0.6) is 0 Å². The predicted octanol–water partition coefficient (Wildman–Crippen LogP) is -6.09. The Kier molecular flexibility index (Phi) is 3.98. The molecule has 2 atom stereocenters. The van der Waals surface area contributed by atoms with E-state index in [4.69, 9.17) is 30.6 Å². The number of rotatable bonds is 4. The van der Waals surface area contributed by atoms with Crippen molar-refractivity contribution in [2.75, 3.05) is 0 Å². The maximum absolute atomic E-state index is 9.24. The van der Waals surface area contributed by atoms with Crippen LogP contribution in [-0.4, -0.2) is 70.9 Å². The van der Waals surface area contributed by atoms with E-state index in [9.17, 15) is 10.2 Å². The van der Waals surface area contributed by atoms with Gasteiger partial charge in [0.05, 0.1) is 6.17 Å². The van der Waals surface area contributed by atoms with Crippen LogP contribution >= 0.6 is 0 Å². The molecule has 1 aliphatic heterocycles. The first-order valence-corrected chi connectivity index (χ1v) is 4.89. The van der Waals surface area contributed by atoms with Crippen molar-refractivity contribution >= 4 is 0 Å². The lowest BCUT2D eigenvalue weighted by molar-refractivity contribution is -0.444. The number of nitrogens with one attached hydrogen (secondary N) is 3. The SMILES string of the molecule is CC(O)(O)C1NNC(C(C(O)(O)O)C(O)(O)O)N1. The van der Waals surface area contributed by atoms with Gasteiger partial charge in [0.2, 0.25) is 0 Å². The summed E-state index contributed by atoms with van der Waals surface area (Å²) < 4.78 is 0. The lowest BCUT2D eigenvalue weighted by atomic mass is 10.00. The van der Waals surface area contributed by atoms with Crippen molar-refractivity contribution < 1.29 is 40.9 Å². The monoisotopic (exact) mass is 271 g/mol. The lowest BCUT2D eigenvalue weighted by Gasteiger charge is -2.36. The Morgan fingerprint density at radius 1 is 0.833 bits per heavy atom. The maximum Gasteiger partial charge on any atom is 0.289 e. The van der Waals surface area contributed by atoms with Gasteiger partial charge < -0.3 is 40.9 Å². The van der Waals surface area contributed by atoms with Crippen LogP contribution in [-0.2, 0) is 0 Å². The summed E-state index contributed by atoms with van der Waals surface area (Å²) in [6, 6.07) is 0. The molecule has 1 aliphatic rings. The molecular formula is C7H17N3O8. The lowest BCUT2D eigenvalue weighted by Crippen LogP contribution is -2.63. The van der Waals surface area contributed by atoms with Crippen LogP contribution in [0.25, 0.3) is 0 Å². The maximum atomic E-state index is 9.24. The minimum atomic E-state index is -3.65. The molecule has 18 heavy (non-hydrogen) atoms. The van der Waals surface area contributed by atoms with Gasteiger partial charge in [-0.15, -0.1) is 0 Å². The van der Waals surface area contributed by atoms with E-state index in [2.05, 4.69) is 16.2 Å². The standard InChI is InChI=1S/C7H17N3O8/c1-5(11,12)4-8-3(9-10-4)2(6(13,14)15)7(16,17)18/h2-4,8-18H,1H3. The zero-order valence-corrected chi connectivity index (χ0v) is 9.31. The highest BCUT2D eigenvalue weighted by molar-refractivity contribution is 4.91. The summed E-state index contributed by atoms with van der Waals surface area (Å²) in [5.41, 5.74) is 4.43. The van der Waals surface area contributed by atoms with Crippen LogP contribution in [0, 0.1) is 5.92 Å². The molecule has 1 saturated heterocycles. The zero-order valence-electron chi connectivity index (χ0n) is 9.31. The topological polar surface area (TPSA) is 198 Å². The van der Waals surface area contributed by atoms with Gasteiger partial charge in [-0.3, -0.25) is 5.32 Å². The fraction of sp³-hybridized carbons (Fsp3) is 1.00. The molecule has 2 unspecified atom stereocenters. The van der Waals surface area contributed by atoms with Crippen molar-refractivity contribution in [1.29, 1.82) is 0 Å². The second-order valence-electron chi connectivity index (χ2n) is 4.31. The van der Waals surface area contributed by atoms with Gasteiger partial charge in [0.1, 0.15) is 6.17 Å². The Bertz CT molecular complexity index is 279. The molecule has 0 aliphatic carbocycles. The van der Waals surface area contributed by atoms with Crippen LogP contribution in [0.4, 0.5) is 0 Å². The van der Waals surface area contributed by atoms with Crippen molar-refractivity contribution in [1.82, 2.24) is 16.2 Å². The summed E-state index contributed by atoms with van der Waals surface area (Å²) in [6.45, 7) is 0.991. The second-order valence-corrected chi connectivity index (χ2v) is 4.31. The van der Waals surface area contributed by atoms with Crippen molar-refractivity contribution in [2.45, 2.75) is 37.0 Å². The summed E-state index contributed by atoms with van der Waals surface area (Å²) >= 11 is 0. The Hall–Kier alpha value is -0.440. The van der Waals surface area contributed by atoms with E-state index >= 15 is 0 Å². The minimum absolute atomic E-state index is 0.991. The fourth-order valence-corrected chi connectivity index (χ4v) is 1.62. The van der Waals surface area contributed by atoms with Gasteiger partial charge in [0.25, 0.3) is 11.9 Å². The molecule has 0 saturated carbocycles. The first kappa shape index (κ1) is 15.6. The Morgan fingerprint density at radius 2 is 1.28 bits per heavy atom. The van der Waals surface area contributed by atoms with Crippen LogP contribution < -0.4 is 16.2 Å². The van der Waals surface area contributed by atoms with Gasteiger partial charge in [-0.2, -0.15) is 0 Å². The molecule has 11 nitrogen and oxygen atoms in total. The third kappa shape index (κ3) is 3.53. The second kappa shape index (κ2) is 4.59. The molecule has 11 heteroatoms.